The quantitative estimate of drug-likeness (QED) is 0.553. The number of fused-ring (bicyclic) bond motifs is 1. The number of anilines is 1. The Labute approximate surface area is 152 Å². The van der Waals surface area contributed by atoms with Crippen LogP contribution in [0.15, 0.2) is 12.7 Å². The zero-order valence-corrected chi connectivity index (χ0v) is 15.8. The largest absolute Gasteiger partial charge is 0.382 e. The maximum Gasteiger partial charge on any atom is 0.350 e. The van der Waals surface area contributed by atoms with Crippen LogP contribution >= 0.6 is 7.60 Å². The first-order valence-electron chi connectivity index (χ1n) is 8.59. The summed E-state index contributed by atoms with van der Waals surface area (Å²) in [6, 6.07) is 0.536. The molecule has 0 aliphatic heterocycles. The van der Waals surface area contributed by atoms with Crippen LogP contribution in [-0.4, -0.2) is 47.8 Å². The lowest BCUT2D eigenvalue weighted by molar-refractivity contribution is 0.0764. The smallest absolute Gasteiger partial charge is 0.350 e. The van der Waals surface area contributed by atoms with Crippen LogP contribution in [0, 0.1) is 0 Å². The lowest BCUT2D eigenvalue weighted by Crippen LogP contribution is -2.22. The molecular formula is C15H27N6O4P. The predicted octanol–water partition coefficient (Wildman–Crippen LogP) is 1.23. The van der Waals surface area contributed by atoms with Gasteiger partial charge < -0.3 is 30.6 Å². The van der Waals surface area contributed by atoms with E-state index >= 15 is 0 Å². The van der Waals surface area contributed by atoms with Gasteiger partial charge in [-0.05, 0) is 19.8 Å². The normalized spacial score (nSPS) is 16.9. The van der Waals surface area contributed by atoms with E-state index in [9.17, 15) is 4.57 Å². The van der Waals surface area contributed by atoms with E-state index < -0.39 is 20.0 Å². The minimum atomic E-state index is -4.16. The summed E-state index contributed by atoms with van der Waals surface area (Å²) in [4.78, 5) is 29.4. The number of imidazole rings is 1. The summed E-state index contributed by atoms with van der Waals surface area (Å²) >= 11 is 0. The van der Waals surface area contributed by atoms with Gasteiger partial charge >= 0.3 is 7.60 Å². The highest BCUT2D eigenvalue weighted by molar-refractivity contribution is 7.51. The number of ether oxygens (including phenoxy) is 1. The first-order chi connectivity index (χ1) is 12.3. The minimum Gasteiger partial charge on any atom is -0.382 e. The molecule has 0 aromatic carbocycles. The van der Waals surface area contributed by atoms with E-state index in [0.717, 1.165) is 0 Å². The fourth-order valence-electron chi connectivity index (χ4n) is 2.72. The lowest BCUT2D eigenvalue weighted by Gasteiger charge is -2.15. The molecule has 1 fully saturated rings. The summed E-state index contributed by atoms with van der Waals surface area (Å²) in [6.07, 6.45) is 8.51. The van der Waals surface area contributed by atoms with Crippen molar-refractivity contribution in [1.29, 1.82) is 0 Å². The lowest BCUT2D eigenvalue weighted by atomic mass is 9.97. The van der Waals surface area contributed by atoms with Gasteiger partial charge in [-0.25, -0.2) is 15.0 Å². The van der Waals surface area contributed by atoms with Gasteiger partial charge in [-0.1, -0.05) is 19.3 Å². The number of aromatic nitrogens is 4. The van der Waals surface area contributed by atoms with Crippen molar-refractivity contribution in [2.24, 2.45) is 5.73 Å². The van der Waals surface area contributed by atoms with E-state index in [2.05, 4.69) is 15.0 Å². The zero-order chi connectivity index (χ0) is 19.2. The van der Waals surface area contributed by atoms with Gasteiger partial charge in [-0.15, -0.1) is 0 Å². The maximum atomic E-state index is 10.7. The molecule has 2 aromatic rings. The summed E-state index contributed by atoms with van der Waals surface area (Å²) in [5.74, 6) is 0.285. The summed E-state index contributed by atoms with van der Waals surface area (Å²) in [5, 5.41) is 0. The number of nitrogen functional groups attached to an aromatic ring is 1. The maximum absolute atomic E-state index is 10.7. The topological polar surface area (TPSA) is 162 Å². The predicted molar refractivity (Wildman–Crippen MR) is 98.3 cm³/mol. The van der Waals surface area contributed by atoms with Crippen molar-refractivity contribution in [2.45, 2.75) is 57.7 Å². The van der Waals surface area contributed by atoms with Crippen LogP contribution in [0.4, 0.5) is 5.82 Å². The van der Waals surface area contributed by atoms with E-state index in [-0.39, 0.29) is 5.82 Å². The van der Waals surface area contributed by atoms with Crippen molar-refractivity contribution in [3.8, 4) is 0 Å². The van der Waals surface area contributed by atoms with Crippen molar-refractivity contribution in [2.75, 3.05) is 12.1 Å². The standard InChI is InChI=1S/C9H14N5O4P.C6H13N/c1-6(18-5-19(15,16)17)2-14-4-13-7-8(10)11-3-12-9(7)14;7-6-4-2-1-3-5-6/h3-4,6H,2,5H2,1H3,(H2,10,11,12)(H2,15,16,17);6H,1-5,7H2/t6-;/m1./s1. The Hall–Kier alpha value is -1.58. The Bertz CT molecular complexity index is 743. The molecule has 26 heavy (non-hydrogen) atoms. The first kappa shape index (κ1) is 20.7. The number of hydrogen-bond acceptors (Lipinski definition) is 7. The monoisotopic (exact) mass is 386 g/mol. The third-order valence-corrected chi connectivity index (χ3v) is 4.55. The average molecular weight is 386 g/mol. The van der Waals surface area contributed by atoms with Crippen LogP contribution < -0.4 is 11.5 Å². The van der Waals surface area contributed by atoms with Gasteiger partial charge in [0.25, 0.3) is 0 Å². The minimum absolute atomic E-state index is 0.285. The third kappa shape index (κ3) is 6.62. The molecule has 2 heterocycles. The van der Waals surface area contributed by atoms with Gasteiger partial charge in [0, 0.05) is 6.04 Å². The highest BCUT2D eigenvalue weighted by Gasteiger charge is 2.17. The van der Waals surface area contributed by atoms with E-state index in [1.54, 1.807) is 11.5 Å². The Balaban J connectivity index is 0.000000290. The molecule has 146 valence electrons. The first-order valence-corrected chi connectivity index (χ1v) is 10.4. The van der Waals surface area contributed by atoms with Crippen LogP contribution in [0.2, 0.25) is 0 Å². The number of nitrogens with zero attached hydrogens (tertiary/aromatic N) is 4. The van der Waals surface area contributed by atoms with Crippen LogP contribution in [-0.2, 0) is 15.8 Å². The Morgan fingerprint density at radius 1 is 1.31 bits per heavy atom. The van der Waals surface area contributed by atoms with E-state index in [1.807, 2.05) is 0 Å². The van der Waals surface area contributed by atoms with E-state index in [4.69, 9.17) is 26.0 Å². The molecule has 0 unspecified atom stereocenters. The van der Waals surface area contributed by atoms with Crippen molar-refractivity contribution in [3.63, 3.8) is 0 Å². The van der Waals surface area contributed by atoms with Gasteiger partial charge in [0.05, 0.1) is 19.0 Å². The van der Waals surface area contributed by atoms with Gasteiger partial charge in [-0.3, -0.25) is 4.57 Å². The molecule has 0 saturated heterocycles. The third-order valence-electron chi connectivity index (χ3n) is 4.06. The zero-order valence-electron chi connectivity index (χ0n) is 14.9. The molecule has 3 rings (SSSR count). The van der Waals surface area contributed by atoms with Crippen LogP contribution in [0.3, 0.4) is 0 Å². The Kier molecular flexibility index (Phi) is 7.48. The summed E-state index contributed by atoms with van der Waals surface area (Å²) in [7, 11) is -4.16. The molecule has 0 spiro atoms. The SMILES string of the molecule is C[C@H](Cn1cnc2c(N)ncnc21)OCP(=O)(O)O.NC1CCCCC1. The Morgan fingerprint density at radius 2 is 2.00 bits per heavy atom. The van der Waals surface area contributed by atoms with Crippen LogP contribution in [0.25, 0.3) is 11.2 Å². The van der Waals surface area contributed by atoms with Gasteiger partial charge in [0.2, 0.25) is 0 Å². The van der Waals surface area contributed by atoms with Crippen molar-refractivity contribution in [3.05, 3.63) is 12.7 Å². The van der Waals surface area contributed by atoms with Crippen molar-refractivity contribution >= 4 is 24.6 Å². The summed E-state index contributed by atoms with van der Waals surface area (Å²) in [5.41, 5.74) is 12.3. The van der Waals surface area contributed by atoms with E-state index in [1.165, 1.54) is 44.8 Å². The highest BCUT2D eigenvalue weighted by Crippen LogP contribution is 2.34. The van der Waals surface area contributed by atoms with E-state index in [0.29, 0.717) is 23.8 Å². The second-order valence-corrected chi connectivity index (χ2v) is 8.08. The highest BCUT2D eigenvalue weighted by atomic mass is 31.2. The summed E-state index contributed by atoms with van der Waals surface area (Å²) < 4.78 is 17.5. The fraction of sp³-hybridized carbons (Fsp3) is 0.667. The number of nitrogens with two attached hydrogens (primary N) is 2. The Morgan fingerprint density at radius 3 is 2.58 bits per heavy atom. The molecule has 1 atom stereocenters. The number of hydrogen-bond donors (Lipinski definition) is 4. The van der Waals surface area contributed by atoms with Crippen molar-refractivity contribution < 1.29 is 19.1 Å². The molecule has 10 nitrogen and oxygen atoms in total. The molecule has 0 amide bonds. The molecule has 1 saturated carbocycles. The molecule has 6 N–H and O–H groups in total. The van der Waals surface area contributed by atoms with Crippen LogP contribution in [0.1, 0.15) is 39.0 Å². The number of rotatable bonds is 5. The molecular weight excluding hydrogens is 359 g/mol. The van der Waals surface area contributed by atoms with Gasteiger partial charge in [-0.2, -0.15) is 0 Å². The second kappa shape index (κ2) is 9.38. The molecule has 0 bridgehead atoms. The molecule has 2 aromatic heterocycles. The van der Waals surface area contributed by atoms with Gasteiger partial charge in [0.1, 0.15) is 18.2 Å². The van der Waals surface area contributed by atoms with Crippen molar-refractivity contribution in [1.82, 2.24) is 19.5 Å². The molecule has 1 aliphatic carbocycles. The molecule has 1 aliphatic rings. The summed E-state index contributed by atoms with van der Waals surface area (Å²) in [6.45, 7) is 2.05. The van der Waals surface area contributed by atoms with Gasteiger partial charge in [0.15, 0.2) is 11.5 Å². The average Bonchev–Trinajstić information content (AvgIpc) is 2.98. The molecule has 0 radical (unpaired) electrons. The fourth-order valence-corrected chi connectivity index (χ4v) is 3.17. The van der Waals surface area contributed by atoms with Crippen LogP contribution in [0.5, 0.6) is 0 Å². The second-order valence-electron chi connectivity index (χ2n) is 6.50. The molecule has 11 heteroatoms.